The Labute approximate surface area is 194 Å². The molecule has 0 saturated carbocycles. The molecule has 1 N–H and O–H groups in total. The van der Waals surface area contributed by atoms with Crippen LogP contribution in [0.4, 0.5) is 0 Å². The summed E-state index contributed by atoms with van der Waals surface area (Å²) in [5, 5.41) is 11.1. The van der Waals surface area contributed by atoms with Gasteiger partial charge in [-0.25, -0.2) is 0 Å². The number of benzene rings is 2. The van der Waals surface area contributed by atoms with Crippen LogP contribution in [0.3, 0.4) is 0 Å². The van der Waals surface area contributed by atoms with Crippen molar-refractivity contribution in [2.24, 2.45) is 0 Å². The number of hydrogen-bond acceptors (Lipinski definition) is 4. The first kappa shape index (κ1) is 22.4. The number of aromatic nitrogens is 2. The number of amides is 1. The maximum absolute atomic E-state index is 12.7. The van der Waals surface area contributed by atoms with Gasteiger partial charge in [-0.2, -0.15) is 0 Å². The predicted molar refractivity (Wildman–Crippen MR) is 128 cm³/mol. The molecule has 1 aliphatic heterocycles. The number of rotatable bonds is 7. The van der Waals surface area contributed by atoms with Gasteiger partial charge in [-0.3, -0.25) is 4.79 Å². The van der Waals surface area contributed by atoms with E-state index >= 15 is 0 Å². The minimum absolute atomic E-state index is 0.0874. The summed E-state index contributed by atoms with van der Waals surface area (Å²) in [6.45, 7) is 5.84. The van der Waals surface area contributed by atoms with E-state index in [9.17, 15) is 4.79 Å². The molecular weight excluding hydrogens is 420 g/mol. The van der Waals surface area contributed by atoms with Crippen molar-refractivity contribution in [2.75, 3.05) is 26.2 Å². The molecule has 166 valence electrons. The van der Waals surface area contributed by atoms with E-state index in [1.54, 1.807) is 12.1 Å². The first-order valence-electron chi connectivity index (χ1n) is 11.2. The molecule has 32 heavy (non-hydrogen) atoms. The Balaban J connectivity index is 1.41. The zero-order valence-electron chi connectivity index (χ0n) is 18.4. The average Bonchev–Trinajstić information content (AvgIpc) is 2.84. The number of hydrogen-bond donors (Lipinski definition) is 1. The van der Waals surface area contributed by atoms with Crippen molar-refractivity contribution < 1.29 is 4.79 Å². The van der Waals surface area contributed by atoms with Gasteiger partial charge in [0.2, 0.25) is 0 Å². The number of aryl methyl sites for hydroxylation is 1. The van der Waals surface area contributed by atoms with E-state index in [4.69, 9.17) is 11.6 Å². The lowest BCUT2D eigenvalue weighted by Gasteiger charge is -2.42. The third-order valence-electron chi connectivity index (χ3n) is 6.61. The Morgan fingerprint density at radius 2 is 1.72 bits per heavy atom. The fourth-order valence-electron chi connectivity index (χ4n) is 4.51. The minimum Gasteiger partial charge on any atom is -0.350 e. The number of carbonyl (C=O) groups is 1. The zero-order valence-corrected chi connectivity index (χ0v) is 19.2. The van der Waals surface area contributed by atoms with Crippen molar-refractivity contribution in [2.45, 2.75) is 31.6 Å². The van der Waals surface area contributed by atoms with Gasteiger partial charge in [-0.1, -0.05) is 66.2 Å². The molecule has 3 aromatic rings. The quantitative estimate of drug-likeness (QED) is 0.580. The highest BCUT2D eigenvalue weighted by molar-refractivity contribution is 6.29. The van der Waals surface area contributed by atoms with Gasteiger partial charge in [0.1, 0.15) is 0 Å². The molecule has 0 unspecified atom stereocenters. The predicted octanol–water partition coefficient (Wildman–Crippen LogP) is 4.44. The van der Waals surface area contributed by atoms with Crippen molar-refractivity contribution in [1.29, 1.82) is 0 Å². The van der Waals surface area contributed by atoms with Crippen molar-refractivity contribution in [3.8, 4) is 0 Å². The van der Waals surface area contributed by atoms with Crippen LogP contribution < -0.4 is 5.32 Å². The first-order valence-corrected chi connectivity index (χ1v) is 11.5. The summed E-state index contributed by atoms with van der Waals surface area (Å²) in [6.07, 6.45) is 3.06. The maximum Gasteiger partial charge on any atom is 0.271 e. The number of piperidine rings is 1. The summed E-state index contributed by atoms with van der Waals surface area (Å²) < 4.78 is 0. The van der Waals surface area contributed by atoms with E-state index in [0.29, 0.717) is 6.54 Å². The highest BCUT2D eigenvalue weighted by Crippen LogP contribution is 2.35. The fraction of sp³-hybridized carbons (Fsp3) is 0.346. The highest BCUT2D eigenvalue weighted by atomic mass is 35.5. The molecule has 0 aliphatic carbocycles. The van der Waals surface area contributed by atoms with E-state index in [1.807, 2.05) is 6.07 Å². The van der Waals surface area contributed by atoms with Crippen LogP contribution in [0.25, 0.3) is 0 Å². The van der Waals surface area contributed by atoms with E-state index in [2.05, 4.69) is 75.9 Å². The molecule has 1 fully saturated rings. The Morgan fingerprint density at radius 1 is 1.00 bits per heavy atom. The van der Waals surface area contributed by atoms with Crippen LogP contribution in [0.1, 0.15) is 40.0 Å². The summed E-state index contributed by atoms with van der Waals surface area (Å²) >= 11 is 5.79. The van der Waals surface area contributed by atoms with Crippen LogP contribution in [0.15, 0.2) is 66.7 Å². The number of nitrogens with zero attached hydrogens (tertiary/aromatic N) is 3. The van der Waals surface area contributed by atoms with Crippen LogP contribution >= 0.6 is 11.6 Å². The molecule has 2 heterocycles. The lowest BCUT2D eigenvalue weighted by Crippen LogP contribution is -2.49. The number of halogens is 1. The minimum atomic E-state index is -0.216. The third-order valence-corrected chi connectivity index (χ3v) is 6.81. The van der Waals surface area contributed by atoms with Gasteiger partial charge in [0.05, 0.1) is 0 Å². The molecule has 0 radical (unpaired) electrons. The second-order valence-corrected chi connectivity index (χ2v) is 8.98. The molecule has 1 aliphatic rings. The van der Waals surface area contributed by atoms with E-state index in [1.165, 1.54) is 16.7 Å². The lowest BCUT2D eigenvalue weighted by atomic mass is 9.72. The molecule has 4 rings (SSSR count). The third kappa shape index (κ3) is 5.34. The second-order valence-electron chi connectivity index (χ2n) is 8.59. The van der Waals surface area contributed by atoms with Gasteiger partial charge in [0.25, 0.3) is 5.91 Å². The van der Waals surface area contributed by atoms with Crippen molar-refractivity contribution in [3.63, 3.8) is 0 Å². The van der Waals surface area contributed by atoms with Crippen LogP contribution in [0.5, 0.6) is 0 Å². The van der Waals surface area contributed by atoms with Gasteiger partial charge >= 0.3 is 0 Å². The van der Waals surface area contributed by atoms with Crippen molar-refractivity contribution >= 4 is 17.5 Å². The normalized spacial score (nSPS) is 15.9. The molecule has 0 spiro atoms. The summed E-state index contributed by atoms with van der Waals surface area (Å²) in [5.41, 5.74) is 4.25. The highest BCUT2D eigenvalue weighted by Gasteiger charge is 2.36. The maximum atomic E-state index is 12.7. The molecule has 1 amide bonds. The van der Waals surface area contributed by atoms with Gasteiger partial charge in [-0.05, 0) is 68.1 Å². The van der Waals surface area contributed by atoms with Crippen LogP contribution in [0, 0.1) is 6.92 Å². The smallest absolute Gasteiger partial charge is 0.271 e. The molecule has 0 atom stereocenters. The second kappa shape index (κ2) is 10.2. The van der Waals surface area contributed by atoms with Crippen molar-refractivity contribution in [1.82, 2.24) is 20.4 Å². The number of nitrogens with one attached hydrogen (secondary N) is 1. The summed E-state index contributed by atoms with van der Waals surface area (Å²) in [4.78, 5) is 15.2. The monoisotopic (exact) mass is 448 g/mol. The Hall–Kier alpha value is -2.76. The van der Waals surface area contributed by atoms with Crippen LogP contribution in [-0.4, -0.2) is 47.2 Å². The summed E-state index contributed by atoms with van der Waals surface area (Å²) in [6, 6.07) is 22.4. The SMILES string of the molecule is Cc1ccccc1CCN1CCC(CNC(=O)c2ccc(Cl)nn2)(c2ccccc2)CC1. The first-order chi connectivity index (χ1) is 15.6. The van der Waals surface area contributed by atoms with Gasteiger partial charge in [0.15, 0.2) is 10.8 Å². The van der Waals surface area contributed by atoms with Crippen LogP contribution in [-0.2, 0) is 11.8 Å². The fourth-order valence-corrected chi connectivity index (χ4v) is 4.61. The Kier molecular flexibility index (Phi) is 7.18. The summed E-state index contributed by atoms with van der Waals surface area (Å²) in [7, 11) is 0. The van der Waals surface area contributed by atoms with Gasteiger partial charge in [0, 0.05) is 18.5 Å². The molecule has 1 aromatic heterocycles. The van der Waals surface area contributed by atoms with Crippen molar-refractivity contribution in [3.05, 3.63) is 94.3 Å². The average molecular weight is 449 g/mol. The number of carbonyl (C=O) groups excluding carboxylic acids is 1. The van der Waals surface area contributed by atoms with Gasteiger partial charge < -0.3 is 10.2 Å². The van der Waals surface area contributed by atoms with E-state index in [0.717, 1.165) is 38.9 Å². The molecule has 5 nitrogen and oxygen atoms in total. The van der Waals surface area contributed by atoms with E-state index in [-0.39, 0.29) is 22.2 Å². The Bertz CT molecular complexity index is 1030. The zero-order chi connectivity index (χ0) is 22.4. The Morgan fingerprint density at radius 3 is 2.41 bits per heavy atom. The van der Waals surface area contributed by atoms with E-state index < -0.39 is 0 Å². The molecular formula is C26H29ClN4O. The molecule has 1 saturated heterocycles. The molecule has 6 heteroatoms. The largest absolute Gasteiger partial charge is 0.350 e. The van der Waals surface area contributed by atoms with Crippen LogP contribution in [0.2, 0.25) is 5.15 Å². The lowest BCUT2D eigenvalue weighted by molar-refractivity contribution is 0.0916. The standard InChI is InChI=1S/C26H29ClN4O/c1-20-7-5-6-8-21(20)13-16-31-17-14-26(15-18-31,22-9-3-2-4-10-22)19-28-25(32)23-11-12-24(27)30-29-23/h2-12H,13-19H2,1H3,(H,28,32). The van der Waals surface area contributed by atoms with Gasteiger partial charge in [-0.15, -0.1) is 10.2 Å². The summed E-state index contributed by atoms with van der Waals surface area (Å²) in [5.74, 6) is -0.216. The number of likely N-dealkylation sites (tertiary alicyclic amines) is 1. The molecule has 2 aromatic carbocycles. The molecule has 0 bridgehead atoms. The topological polar surface area (TPSA) is 58.1 Å².